The Balaban J connectivity index is 4.12. The molecule has 0 bridgehead atoms. The normalized spacial score (nSPS) is 12.9. The second-order valence-electron chi connectivity index (χ2n) is 7.20. The van der Waals surface area contributed by atoms with Crippen LogP contribution in [-0.2, 0) is 4.74 Å². The molecule has 0 aliphatic heterocycles. The molecule has 0 aromatic heterocycles. The van der Waals surface area contributed by atoms with E-state index < -0.39 is 17.2 Å². The van der Waals surface area contributed by atoms with E-state index in [9.17, 15) is 4.79 Å². The molecule has 0 fully saturated rings. The Kier molecular flexibility index (Phi) is 8.90. The molecule has 6 heteroatoms. The third-order valence-corrected chi connectivity index (χ3v) is 2.82. The number of amides is 1. The highest BCUT2D eigenvalue weighted by atomic mass is 16.6. The lowest BCUT2D eigenvalue weighted by Crippen LogP contribution is -2.48. The first-order valence-electron chi connectivity index (χ1n) is 8.11. The third-order valence-electron chi connectivity index (χ3n) is 2.82. The number of nitrogens with one attached hydrogen (secondary N) is 2. The van der Waals surface area contributed by atoms with Crippen LogP contribution in [0.1, 0.15) is 67.2 Å². The molecular formula is C16H34N4O2. The molecule has 0 atom stereocenters. The standard InChI is InChI=1S/C16H34N4O2/c1-7-8-9-10-11-18-13(17)19-12-16(5,6)20-14(21)22-15(2,3)4/h7-12H2,1-6H3,(H,20,21)(H3,17,18,19). The van der Waals surface area contributed by atoms with Gasteiger partial charge in [-0.1, -0.05) is 26.2 Å². The number of nitrogens with zero attached hydrogens (tertiary/aromatic N) is 1. The van der Waals surface area contributed by atoms with Crippen LogP contribution in [-0.4, -0.2) is 36.3 Å². The van der Waals surface area contributed by atoms with Crippen LogP contribution in [0.25, 0.3) is 0 Å². The average Bonchev–Trinajstić information content (AvgIpc) is 2.33. The topological polar surface area (TPSA) is 88.7 Å². The zero-order chi connectivity index (χ0) is 17.2. The van der Waals surface area contributed by atoms with Gasteiger partial charge in [0.1, 0.15) is 5.60 Å². The Labute approximate surface area is 135 Å². The highest BCUT2D eigenvalue weighted by molar-refractivity contribution is 5.77. The summed E-state index contributed by atoms with van der Waals surface area (Å²) in [6, 6.07) is 0. The first-order valence-corrected chi connectivity index (χ1v) is 8.11. The Morgan fingerprint density at radius 1 is 1.14 bits per heavy atom. The smallest absolute Gasteiger partial charge is 0.408 e. The summed E-state index contributed by atoms with van der Waals surface area (Å²) >= 11 is 0. The van der Waals surface area contributed by atoms with Crippen molar-refractivity contribution in [3.8, 4) is 0 Å². The molecule has 0 unspecified atom stereocenters. The maximum absolute atomic E-state index is 11.8. The van der Waals surface area contributed by atoms with Gasteiger partial charge >= 0.3 is 6.09 Å². The molecule has 0 saturated heterocycles. The van der Waals surface area contributed by atoms with E-state index in [4.69, 9.17) is 10.5 Å². The van der Waals surface area contributed by atoms with Crippen molar-refractivity contribution in [2.24, 2.45) is 10.7 Å². The van der Waals surface area contributed by atoms with Crippen molar-refractivity contribution in [1.29, 1.82) is 0 Å². The van der Waals surface area contributed by atoms with Gasteiger partial charge in [-0.25, -0.2) is 4.79 Å². The van der Waals surface area contributed by atoms with Gasteiger partial charge in [-0.15, -0.1) is 0 Å². The summed E-state index contributed by atoms with van der Waals surface area (Å²) < 4.78 is 5.24. The van der Waals surface area contributed by atoms with Gasteiger partial charge in [0, 0.05) is 6.54 Å². The van der Waals surface area contributed by atoms with E-state index in [1.807, 2.05) is 34.6 Å². The summed E-state index contributed by atoms with van der Waals surface area (Å²) in [6.45, 7) is 12.7. The average molecular weight is 314 g/mol. The largest absolute Gasteiger partial charge is 0.444 e. The molecule has 0 spiro atoms. The molecule has 0 aromatic carbocycles. The number of aliphatic imine (C=N–C) groups is 1. The lowest BCUT2D eigenvalue weighted by atomic mass is 10.1. The minimum Gasteiger partial charge on any atom is -0.444 e. The molecule has 0 aromatic rings. The molecule has 0 aliphatic carbocycles. The highest BCUT2D eigenvalue weighted by Gasteiger charge is 2.24. The van der Waals surface area contributed by atoms with Gasteiger partial charge in [0.15, 0.2) is 5.96 Å². The predicted octanol–water partition coefficient (Wildman–Crippen LogP) is 2.77. The molecule has 0 heterocycles. The van der Waals surface area contributed by atoms with Crippen LogP contribution < -0.4 is 16.4 Å². The number of ether oxygens (including phenoxy) is 1. The van der Waals surface area contributed by atoms with E-state index in [-0.39, 0.29) is 0 Å². The Bertz CT molecular complexity index is 360. The number of guanidine groups is 1. The molecule has 4 N–H and O–H groups in total. The second kappa shape index (κ2) is 9.54. The second-order valence-corrected chi connectivity index (χ2v) is 7.20. The van der Waals surface area contributed by atoms with Gasteiger partial charge in [0.2, 0.25) is 0 Å². The van der Waals surface area contributed by atoms with Crippen molar-refractivity contribution in [3.63, 3.8) is 0 Å². The Hall–Kier alpha value is -1.46. The lowest BCUT2D eigenvalue weighted by molar-refractivity contribution is 0.0476. The van der Waals surface area contributed by atoms with Gasteiger partial charge in [-0.3, -0.25) is 4.99 Å². The molecule has 6 nitrogen and oxygen atoms in total. The van der Waals surface area contributed by atoms with E-state index >= 15 is 0 Å². The number of nitrogens with two attached hydrogens (primary N) is 1. The van der Waals surface area contributed by atoms with Gasteiger partial charge in [0.05, 0.1) is 12.1 Å². The van der Waals surface area contributed by atoms with E-state index in [0.717, 1.165) is 13.0 Å². The molecule has 22 heavy (non-hydrogen) atoms. The zero-order valence-electron chi connectivity index (χ0n) is 15.1. The number of carbonyl (C=O) groups excluding carboxylic acids is 1. The SMILES string of the molecule is CCCCCCNC(N)=NCC(C)(C)NC(=O)OC(C)(C)C. The minimum atomic E-state index is -0.517. The summed E-state index contributed by atoms with van der Waals surface area (Å²) in [5, 5.41) is 5.89. The molecule has 0 saturated carbocycles. The fraction of sp³-hybridized carbons (Fsp3) is 0.875. The fourth-order valence-corrected chi connectivity index (χ4v) is 1.73. The van der Waals surface area contributed by atoms with Gasteiger partial charge in [-0.05, 0) is 41.0 Å². The van der Waals surface area contributed by atoms with Crippen LogP contribution >= 0.6 is 0 Å². The predicted molar refractivity (Wildman–Crippen MR) is 92.1 cm³/mol. The Morgan fingerprint density at radius 2 is 1.77 bits per heavy atom. The maximum Gasteiger partial charge on any atom is 0.408 e. The summed E-state index contributed by atoms with van der Waals surface area (Å²) in [4.78, 5) is 16.0. The molecule has 0 aliphatic rings. The number of hydrogen-bond acceptors (Lipinski definition) is 3. The molecule has 130 valence electrons. The van der Waals surface area contributed by atoms with Crippen molar-refractivity contribution < 1.29 is 9.53 Å². The summed E-state index contributed by atoms with van der Waals surface area (Å²) in [5.74, 6) is 0.413. The number of rotatable bonds is 8. The fourth-order valence-electron chi connectivity index (χ4n) is 1.73. The maximum atomic E-state index is 11.8. The van der Waals surface area contributed by atoms with Crippen LogP contribution in [0.2, 0.25) is 0 Å². The van der Waals surface area contributed by atoms with Crippen molar-refractivity contribution in [3.05, 3.63) is 0 Å². The number of hydrogen-bond donors (Lipinski definition) is 3. The van der Waals surface area contributed by atoms with Crippen LogP contribution in [0, 0.1) is 0 Å². The van der Waals surface area contributed by atoms with Crippen LogP contribution in [0.3, 0.4) is 0 Å². The molecular weight excluding hydrogens is 280 g/mol. The van der Waals surface area contributed by atoms with Crippen molar-refractivity contribution in [1.82, 2.24) is 10.6 Å². The van der Waals surface area contributed by atoms with Crippen molar-refractivity contribution in [2.45, 2.75) is 78.4 Å². The van der Waals surface area contributed by atoms with E-state index in [1.165, 1.54) is 19.3 Å². The number of alkyl carbamates (subject to hydrolysis) is 1. The van der Waals surface area contributed by atoms with E-state index in [0.29, 0.717) is 12.5 Å². The third kappa shape index (κ3) is 12.3. The first kappa shape index (κ1) is 20.5. The van der Waals surface area contributed by atoms with Crippen LogP contribution in [0.5, 0.6) is 0 Å². The van der Waals surface area contributed by atoms with E-state index in [1.54, 1.807) is 0 Å². The minimum absolute atomic E-state index is 0.389. The van der Waals surface area contributed by atoms with Gasteiger partial charge in [0.25, 0.3) is 0 Å². The summed E-state index contributed by atoms with van der Waals surface area (Å²) in [6.07, 6.45) is 4.30. The highest BCUT2D eigenvalue weighted by Crippen LogP contribution is 2.09. The lowest BCUT2D eigenvalue weighted by Gasteiger charge is -2.27. The molecule has 0 radical (unpaired) electrons. The van der Waals surface area contributed by atoms with Gasteiger partial charge in [-0.2, -0.15) is 0 Å². The Morgan fingerprint density at radius 3 is 2.32 bits per heavy atom. The quantitative estimate of drug-likeness (QED) is 0.365. The van der Waals surface area contributed by atoms with Crippen molar-refractivity contribution >= 4 is 12.1 Å². The molecule has 1 amide bonds. The first-order chi connectivity index (χ1) is 10.1. The summed E-state index contributed by atoms with van der Waals surface area (Å²) in [5.41, 5.74) is 4.79. The summed E-state index contributed by atoms with van der Waals surface area (Å²) in [7, 11) is 0. The number of unbranched alkanes of at least 4 members (excludes halogenated alkanes) is 3. The van der Waals surface area contributed by atoms with Crippen molar-refractivity contribution in [2.75, 3.05) is 13.1 Å². The van der Waals surface area contributed by atoms with Crippen LogP contribution in [0.15, 0.2) is 4.99 Å². The van der Waals surface area contributed by atoms with Crippen LogP contribution in [0.4, 0.5) is 4.79 Å². The monoisotopic (exact) mass is 314 g/mol. The number of carbonyl (C=O) groups is 1. The van der Waals surface area contributed by atoms with E-state index in [2.05, 4.69) is 22.5 Å². The zero-order valence-corrected chi connectivity index (χ0v) is 15.1. The van der Waals surface area contributed by atoms with Gasteiger partial charge < -0.3 is 21.1 Å². The molecule has 0 rings (SSSR count).